The van der Waals surface area contributed by atoms with Crippen molar-refractivity contribution in [1.29, 1.82) is 0 Å². The van der Waals surface area contributed by atoms with E-state index < -0.39 is 0 Å². The number of benzene rings is 1. The van der Waals surface area contributed by atoms with Gasteiger partial charge in [-0.2, -0.15) is 0 Å². The lowest BCUT2D eigenvalue weighted by molar-refractivity contribution is -0.105. The number of carbonyl (C=O) groups excluding carboxylic acids is 1. The number of nitrogens with zero attached hydrogens (tertiary/aromatic N) is 3. The van der Waals surface area contributed by atoms with E-state index in [9.17, 15) is 4.79 Å². The van der Waals surface area contributed by atoms with Crippen molar-refractivity contribution in [3.05, 3.63) is 35.2 Å². The first-order chi connectivity index (χ1) is 11.6. The van der Waals surface area contributed by atoms with Gasteiger partial charge in [0.05, 0.1) is 11.6 Å². The molecule has 1 aliphatic rings. The van der Waals surface area contributed by atoms with Crippen LogP contribution in [0.2, 0.25) is 0 Å². The average molecular weight is 346 g/mol. The Balaban J connectivity index is 2.46. The molecule has 0 N–H and O–H groups in total. The number of anilines is 2. The Bertz CT molecular complexity index is 625. The van der Waals surface area contributed by atoms with Crippen LogP contribution in [-0.2, 0) is 17.6 Å². The van der Waals surface area contributed by atoms with Crippen LogP contribution in [0, 0.1) is 0 Å². The number of hydrogen-bond donors (Lipinski definition) is 0. The quantitative estimate of drug-likeness (QED) is 0.310. The molecule has 0 heterocycles. The van der Waals surface area contributed by atoms with Crippen molar-refractivity contribution < 1.29 is 4.79 Å². The summed E-state index contributed by atoms with van der Waals surface area (Å²) in [5.41, 5.74) is 6.52. The van der Waals surface area contributed by atoms with Crippen LogP contribution in [0.4, 0.5) is 11.4 Å². The largest absolute Gasteiger partial charge is 0.377 e. The highest BCUT2D eigenvalue weighted by molar-refractivity contribution is 7.99. The summed E-state index contributed by atoms with van der Waals surface area (Å²) in [6, 6.07) is 4.42. The molecular formula is C19H27N3OS. The van der Waals surface area contributed by atoms with Crippen molar-refractivity contribution in [3.8, 4) is 0 Å². The number of rotatable bonds is 8. The fourth-order valence-electron chi connectivity index (χ4n) is 3.26. The van der Waals surface area contributed by atoms with E-state index in [1.807, 2.05) is 6.92 Å². The lowest BCUT2D eigenvalue weighted by atomic mass is 9.88. The Morgan fingerprint density at radius 2 is 1.88 bits per heavy atom. The first-order valence-electron chi connectivity index (χ1n) is 8.33. The fourth-order valence-corrected chi connectivity index (χ4v) is 3.98. The minimum absolute atomic E-state index is 0.503. The van der Waals surface area contributed by atoms with Crippen LogP contribution >= 0.6 is 11.8 Å². The van der Waals surface area contributed by atoms with Crippen LogP contribution in [-0.4, -0.2) is 38.7 Å². The monoisotopic (exact) mass is 345 g/mol. The smallest absolute Gasteiger partial charge is 0.129 e. The second kappa shape index (κ2) is 8.92. The standard InChI is InChI=1S/C19H27N3OS/c1-15(13-20-2)22(14-24-12-11-23)19-10-9-18(21(3)4)16-7-5-6-8-17(16)19/h9-11,13H,2,5-8,12,14H2,1,3-4H3/b15-13-. The summed E-state index contributed by atoms with van der Waals surface area (Å²) in [4.78, 5) is 19.1. The van der Waals surface area contributed by atoms with Crippen molar-refractivity contribution in [2.75, 3.05) is 35.5 Å². The van der Waals surface area contributed by atoms with E-state index in [2.05, 4.69) is 47.7 Å². The van der Waals surface area contributed by atoms with Gasteiger partial charge in [0, 0.05) is 37.4 Å². The summed E-state index contributed by atoms with van der Waals surface area (Å²) in [7, 11) is 4.21. The van der Waals surface area contributed by atoms with Crippen LogP contribution in [0.15, 0.2) is 29.0 Å². The van der Waals surface area contributed by atoms with E-state index in [-0.39, 0.29) is 0 Å². The molecule has 0 spiro atoms. The second-order valence-corrected chi connectivity index (χ2v) is 7.21. The van der Waals surface area contributed by atoms with E-state index in [4.69, 9.17) is 0 Å². The normalized spacial score (nSPS) is 14.0. The summed E-state index contributed by atoms with van der Waals surface area (Å²) >= 11 is 1.62. The summed E-state index contributed by atoms with van der Waals surface area (Å²) in [5.74, 6) is 1.24. The second-order valence-electron chi connectivity index (χ2n) is 6.21. The molecule has 0 radical (unpaired) electrons. The maximum absolute atomic E-state index is 10.7. The number of hydrogen-bond acceptors (Lipinski definition) is 5. The predicted octanol–water partition coefficient (Wildman–Crippen LogP) is 3.89. The van der Waals surface area contributed by atoms with Crippen molar-refractivity contribution in [2.24, 2.45) is 4.99 Å². The van der Waals surface area contributed by atoms with Crippen molar-refractivity contribution >= 4 is 36.1 Å². The van der Waals surface area contributed by atoms with E-state index in [1.54, 1.807) is 18.0 Å². The maximum Gasteiger partial charge on any atom is 0.129 e. The van der Waals surface area contributed by atoms with Gasteiger partial charge in [0.2, 0.25) is 0 Å². The van der Waals surface area contributed by atoms with Gasteiger partial charge >= 0.3 is 0 Å². The summed E-state index contributed by atoms with van der Waals surface area (Å²) < 4.78 is 0. The van der Waals surface area contributed by atoms with E-state index >= 15 is 0 Å². The van der Waals surface area contributed by atoms with Gasteiger partial charge in [-0.1, -0.05) is 0 Å². The van der Waals surface area contributed by atoms with Gasteiger partial charge in [0.25, 0.3) is 0 Å². The SMILES string of the molecule is C=N/C=C(/C)N(CSCC=O)c1ccc(N(C)C)c2c1CCCC2. The molecule has 2 rings (SSSR count). The predicted molar refractivity (Wildman–Crippen MR) is 107 cm³/mol. The van der Waals surface area contributed by atoms with Crippen LogP contribution in [0.3, 0.4) is 0 Å². The molecule has 0 atom stereocenters. The van der Waals surface area contributed by atoms with Gasteiger partial charge in [-0.25, -0.2) is 0 Å². The number of aldehydes is 1. The Morgan fingerprint density at radius 3 is 2.46 bits per heavy atom. The van der Waals surface area contributed by atoms with Crippen molar-refractivity contribution in [1.82, 2.24) is 0 Å². The summed E-state index contributed by atoms with van der Waals surface area (Å²) in [6.07, 6.45) is 7.47. The molecule has 0 fully saturated rings. The summed E-state index contributed by atoms with van der Waals surface area (Å²) in [6.45, 7) is 5.62. The van der Waals surface area contributed by atoms with Crippen LogP contribution in [0.1, 0.15) is 30.9 Å². The van der Waals surface area contributed by atoms with Crippen LogP contribution in [0.25, 0.3) is 0 Å². The van der Waals surface area contributed by atoms with Gasteiger partial charge in [-0.3, -0.25) is 4.99 Å². The maximum atomic E-state index is 10.7. The highest BCUT2D eigenvalue weighted by Gasteiger charge is 2.21. The molecule has 1 aliphatic carbocycles. The van der Waals surface area contributed by atoms with Gasteiger partial charge in [0.15, 0.2) is 0 Å². The molecule has 5 heteroatoms. The van der Waals surface area contributed by atoms with Crippen LogP contribution in [0.5, 0.6) is 0 Å². The number of carbonyl (C=O) groups is 1. The minimum Gasteiger partial charge on any atom is -0.377 e. The molecule has 1 aromatic carbocycles. The zero-order chi connectivity index (χ0) is 17.5. The topological polar surface area (TPSA) is 35.9 Å². The molecule has 0 saturated carbocycles. The summed E-state index contributed by atoms with van der Waals surface area (Å²) in [5, 5.41) is 0. The Hall–Kier alpha value is -1.75. The first-order valence-corrected chi connectivity index (χ1v) is 9.49. The number of aliphatic imine (C=N–C) groups is 1. The van der Waals surface area contributed by atoms with Gasteiger partial charge in [-0.15, -0.1) is 11.8 Å². The van der Waals surface area contributed by atoms with Crippen molar-refractivity contribution in [2.45, 2.75) is 32.6 Å². The van der Waals surface area contributed by atoms with Crippen molar-refractivity contribution in [3.63, 3.8) is 0 Å². The zero-order valence-corrected chi connectivity index (χ0v) is 15.7. The molecule has 0 amide bonds. The third-order valence-corrected chi connectivity index (χ3v) is 5.18. The minimum atomic E-state index is 0.503. The van der Waals surface area contributed by atoms with Gasteiger partial charge in [-0.05, 0) is 62.6 Å². The van der Waals surface area contributed by atoms with Gasteiger partial charge < -0.3 is 14.6 Å². The first kappa shape index (κ1) is 18.6. The Kier molecular flexibility index (Phi) is 6.91. The van der Waals surface area contributed by atoms with E-state index in [0.29, 0.717) is 5.75 Å². The molecule has 24 heavy (non-hydrogen) atoms. The molecule has 0 saturated heterocycles. The zero-order valence-electron chi connectivity index (χ0n) is 14.9. The highest BCUT2D eigenvalue weighted by atomic mass is 32.2. The third-order valence-electron chi connectivity index (χ3n) is 4.37. The molecule has 0 unspecified atom stereocenters. The molecule has 130 valence electrons. The highest BCUT2D eigenvalue weighted by Crippen LogP contribution is 2.38. The van der Waals surface area contributed by atoms with E-state index in [1.165, 1.54) is 35.3 Å². The fraction of sp³-hybridized carbons (Fsp3) is 0.474. The number of allylic oxidation sites excluding steroid dienone is 1. The number of thioether (sulfide) groups is 1. The number of fused-ring (bicyclic) bond motifs is 1. The Labute approximate surface area is 149 Å². The molecule has 0 aliphatic heterocycles. The lowest BCUT2D eigenvalue weighted by Crippen LogP contribution is -2.24. The third kappa shape index (κ3) is 4.20. The molecule has 4 nitrogen and oxygen atoms in total. The average Bonchev–Trinajstić information content (AvgIpc) is 2.58. The molecule has 0 aromatic heterocycles. The molecule has 0 bridgehead atoms. The van der Waals surface area contributed by atoms with Gasteiger partial charge in [0.1, 0.15) is 6.29 Å². The van der Waals surface area contributed by atoms with Crippen LogP contribution < -0.4 is 9.80 Å². The lowest BCUT2D eigenvalue weighted by Gasteiger charge is -2.32. The Morgan fingerprint density at radius 1 is 1.25 bits per heavy atom. The molecular weight excluding hydrogens is 318 g/mol. The molecule has 1 aromatic rings. The van der Waals surface area contributed by atoms with E-state index in [0.717, 1.165) is 30.7 Å².